The topological polar surface area (TPSA) is 122 Å². The maximum absolute atomic E-state index is 11.5. The molecule has 0 aromatic rings. The Labute approximate surface area is 125 Å². The number of carbonyl (C=O) groups is 3. The number of nitrogens with two attached hydrogens (primary N) is 1. The van der Waals surface area contributed by atoms with Crippen LogP contribution >= 0.6 is 0 Å². The number of carbonyl (C=O) groups excluding carboxylic acids is 2. The lowest BCUT2D eigenvalue weighted by Crippen LogP contribution is -2.30. The van der Waals surface area contributed by atoms with Gasteiger partial charge in [0, 0.05) is 26.4 Å². The van der Waals surface area contributed by atoms with Crippen molar-refractivity contribution < 1.29 is 19.5 Å². The molecule has 0 aliphatic heterocycles. The Balaban J connectivity index is 3.35. The van der Waals surface area contributed by atoms with Gasteiger partial charge in [0.15, 0.2) is 0 Å². The Morgan fingerprint density at radius 2 is 1.62 bits per heavy atom. The van der Waals surface area contributed by atoms with Crippen molar-refractivity contribution in [1.82, 2.24) is 10.6 Å². The van der Waals surface area contributed by atoms with Crippen molar-refractivity contribution in [3.05, 3.63) is 0 Å². The van der Waals surface area contributed by atoms with Crippen LogP contribution in [0.25, 0.3) is 0 Å². The van der Waals surface area contributed by atoms with Crippen LogP contribution in [-0.2, 0) is 14.4 Å². The molecular weight excluding hydrogens is 274 g/mol. The van der Waals surface area contributed by atoms with Gasteiger partial charge < -0.3 is 21.5 Å². The molecule has 0 bridgehead atoms. The molecule has 0 saturated carbocycles. The number of amides is 2. The summed E-state index contributed by atoms with van der Waals surface area (Å²) in [5, 5.41) is 14.1. The molecule has 7 nitrogen and oxygen atoms in total. The molecule has 0 aromatic carbocycles. The standard InChI is InChI=1S/C14H27N3O4/c1-11(18)16-9-5-2-3-8-13(19)17-10-6-4-7-12(15)14(20)21/h12H,2-10,15H2,1H3,(H,16,18)(H,17,19)(H,20,21)/t12-/m0/s1. The van der Waals surface area contributed by atoms with Crippen molar-refractivity contribution in [2.75, 3.05) is 13.1 Å². The number of hydrogen-bond donors (Lipinski definition) is 4. The molecule has 5 N–H and O–H groups in total. The second-order valence-electron chi connectivity index (χ2n) is 5.08. The molecule has 0 aromatic heterocycles. The highest BCUT2D eigenvalue weighted by atomic mass is 16.4. The molecule has 0 aliphatic carbocycles. The maximum Gasteiger partial charge on any atom is 0.320 e. The Morgan fingerprint density at radius 3 is 2.24 bits per heavy atom. The molecule has 0 fully saturated rings. The molecule has 0 radical (unpaired) electrons. The highest BCUT2D eigenvalue weighted by Gasteiger charge is 2.10. The molecule has 0 rings (SSSR count). The first-order chi connectivity index (χ1) is 9.93. The van der Waals surface area contributed by atoms with E-state index >= 15 is 0 Å². The summed E-state index contributed by atoms with van der Waals surface area (Å²) in [5.41, 5.74) is 5.37. The van der Waals surface area contributed by atoms with Gasteiger partial charge in [-0.3, -0.25) is 14.4 Å². The van der Waals surface area contributed by atoms with E-state index in [1.165, 1.54) is 6.92 Å². The lowest BCUT2D eigenvalue weighted by Gasteiger charge is -2.07. The molecule has 7 heteroatoms. The summed E-state index contributed by atoms with van der Waals surface area (Å²) < 4.78 is 0. The van der Waals surface area contributed by atoms with Crippen molar-refractivity contribution in [3.8, 4) is 0 Å². The van der Waals surface area contributed by atoms with Crippen LogP contribution in [0.1, 0.15) is 51.9 Å². The number of unbranched alkanes of at least 4 members (excludes halogenated alkanes) is 3. The summed E-state index contributed by atoms with van der Waals surface area (Å²) >= 11 is 0. The number of aliphatic carboxylic acids is 1. The first kappa shape index (κ1) is 19.4. The van der Waals surface area contributed by atoms with Crippen LogP contribution in [0.5, 0.6) is 0 Å². The van der Waals surface area contributed by atoms with E-state index in [1.54, 1.807) is 0 Å². The molecular formula is C14H27N3O4. The fourth-order valence-corrected chi connectivity index (χ4v) is 1.78. The quantitative estimate of drug-likeness (QED) is 0.388. The highest BCUT2D eigenvalue weighted by molar-refractivity contribution is 5.75. The van der Waals surface area contributed by atoms with Crippen LogP contribution in [0, 0.1) is 0 Å². The molecule has 0 spiro atoms. The van der Waals surface area contributed by atoms with Gasteiger partial charge in [0.2, 0.25) is 11.8 Å². The van der Waals surface area contributed by atoms with E-state index in [-0.39, 0.29) is 11.8 Å². The third kappa shape index (κ3) is 13.1. The van der Waals surface area contributed by atoms with Gasteiger partial charge in [0.05, 0.1) is 0 Å². The fraction of sp³-hybridized carbons (Fsp3) is 0.786. The molecule has 0 unspecified atom stereocenters. The van der Waals surface area contributed by atoms with E-state index in [0.717, 1.165) is 25.7 Å². The average molecular weight is 301 g/mol. The van der Waals surface area contributed by atoms with E-state index in [1.807, 2.05) is 0 Å². The number of carboxylic acid groups (broad SMARTS) is 1. The van der Waals surface area contributed by atoms with E-state index in [4.69, 9.17) is 10.8 Å². The number of rotatable bonds is 12. The minimum absolute atomic E-state index is 0.0112. The minimum atomic E-state index is -0.988. The van der Waals surface area contributed by atoms with Crippen LogP contribution in [0.15, 0.2) is 0 Å². The van der Waals surface area contributed by atoms with Crippen molar-refractivity contribution in [1.29, 1.82) is 0 Å². The smallest absolute Gasteiger partial charge is 0.320 e. The second-order valence-corrected chi connectivity index (χ2v) is 5.08. The molecule has 2 amide bonds. The second kappa shape index (κ2) is 12.1. The summed E-state index contributed by atoms with van der Waals surface area (Å²) in [6.45, 7) is 2.69. The van der Waals surface area contributed by atoms with Gasteiger partial charge in [0.1, 0.15) is 6.04 Å². The van der Waals surface area contributed by atoms with Crippen molar-refractivity contribution in [3.63, 3.8) is 0 Å². The first-order valence-corrected chi connectivity index (χ1v) is 7.43. The van der Waals surface area contributed by atoms with Gasteiger partial charge in [-0.1, -0.05) is 6.42 Å². The third-order valence-corrected chi connectivity index (χ3v) is 3.04. The number of carboxylic acids is 1. The largest absolute Gasteiger partial charge is 0.480 e. The van der Waals surface area contributed by atoms with Crippen molar-refractivity contribution in [2.45, 2.75) is 57.9 Å². The molecule has 0 aliphatic rings. The van der Waals surface area contributed by atoms with Gasteiger partial charge in [-0.15, -0.1) is 0 Å². The predicted octanol–water partition coefficient (Wildman–Crippen LogP) is 0.381. The summed E-state index contributed by atoms with van der Waals surface area (Å²) in [6.07, 6.45) is 4.90. The zero-order valence-electron chi connectivity index (χ0n) is 12.7. The first-order valence-electron chi connectivity index (χ1n) is 7.43. The normalized spacial score (nSPS) is 11.7. The molecule has 0 heterocycles. The maximum atomic E-state index is 11.5. The Bertz CT molecular complexity index is 334. The molecule has 1 atom stereocenters. The number of nitrogens with one attached hydrogen (secondary N) is 2. The molecule has 0 saturated heterocycles. The van der Waals surface area contributed by atoms with E-state index in [2.05, 4.69) is 10.6 Å². The Morgan fingerprint density at radius 1 is 1.00 bits per heavy atom. The van der Waals surface area contributed by atoms with Gasteiger partial charge >= 0.3 is 5.97 Å². The summed E-state index contributed by atoms with van der Waals surface area (Å²) in [7, 11) is 0. The van der Waals surface area contributed by atoms with E-state index in [9.17, 15) is 14.4 Å². The average Bonchev–Trinajstić information content (AvgIpc) is 2.41. The van der Waals surface area contributed by atoms with Crippen LogP contribution < -0.4 is 16.4 Å². The summed E-state index contributed by atoms with van der Waals surface area (Å²) in [4.78, 5) is 32.6. The van der Waals surface area contributed by atoms with Crippen molar-refractivity contribution in [2.24, 2.45) is 5.73 Å². The minimum Gasteiger partial charge on any atom is -0.480 e. The van der Waals surface area contributed by atoms with Crippen LogP contribution in [0.3, 0.4) is 0 Å². The zero-order valence-corrected chi connectivity index (χ0v) is 12.7. The van der Waals surface area contributed by atoms with E-state index < -0.39 is 12.0 Å². The number of hydrogen-bond acceptors (Lipinski definition) is 4. The monoisotopic (exact) mass is 301 g/mol. The van der Waals surface area contributed by atoms with Gasteiger partial charge in [-0.25, -0.2) is 0 Å². The zero-order chi connectivity index (χ0) is 16.1. The Hall–Kier alpha value is -1.63. The van der Waals surface area contributed by atoms with Crippen LogP contribution in [0.4, 0.5) is 0 Å². The van der Waals surface area contributed by atoms with Gasteiger partial charge in [-0.2, -0.15) is 0 Å². The lowest BCUT2D eigenvalue weighted by atomic mass is 10.1. The van der Waals surface area contributed by atoms with Crippen LogP contribution in [-0.4, -0.2) is 42.0 Å². The predicted molar refractivity (Wildman–Crippen MR) is 79.6 cm³/mol. The van der Waals surface area contributed by atoms with Gasteiger partial charge in [0.25, 0.3) is 0 Å². The fourth-order valence-electron chi connectivity index (χ4n) is 1.78. The molecule has 122 valence electrons. The Kier molecular flexibility index (Phi) is 11.2. The molecule has 21 heavy (non-hydrogen) atoms. The summed E-state index contributed by atoms with van der Waals surface area (Å²) in [6, 6.07) is -0.815. The summed E-state index contributed by atoms with van der Waals surface area (Å²) in [5.74, 6) is -1.01. The van der Waals surface area contributed by atoms with Crippen molar-refractivity contribution >= 4 is 17.8 Å². The lowest BCUT2D eigenvalue weighted by molar-refractivity contribution is -0.138. The third-order valence-electron chi connectivity index (χ3n) is 3.04. The van der Waals surface area contributed by atoms with Gasteiger partial charge in [-0.05, 0) is 32.1 Å². The highest BCUT2D eigenvalue weighted by Crippen LogP contribution is 2.00. The SMILES string of the molecule is CC(=O)NCCCCCC(=O)NCCCC[C@H](N)C(=O)O. The van der Waals surface area contributed by atoms with E-state index in [0.29, 0.717) is 32.4 Å². The van der Waals surface area contributed by atoms with Crippen LogP contribution in [0.2, 0.25) is 0 Å².